The van der Waals surface area contributed by atoms with Gasteiger partial charge in [-0.3, -0.25) is 0 Å². The van der Waals surface area contributed by atoms with Crippen LogP contribution in [0.1, 0.15) is 5.56 Å². The Morgan fingerprint density at radius 2 is 1.89 bits per heavy atom. The van der Waals surface area contributed by atoms with Crippen molar-refractivity contribution < 1.29 is 9.13 Å². The standard InChI is InChI=1S/C15H9ClFO/c1-2-3-11-4-9-14(16)15(10-11)18-13-7-5-12(17)6-8-13/h1,3-10H. The van der Waals surface area contributed by atoms with Crippen molar-refractivity contribution in [1.82, 2.24) is 0 Å². The van der Waals surface area contributed by atoms with Crippen LogP contribution < -0.4 is 4.74 Å². The Labute approximate surface area is 110 Å². The van der Waals surface area contributed by atoms with Crippen molar-refractivity contribution in [3.63, 3.8) is 0 Å². The summed E-state index contributed by atoms with van der Waals surface area (Å²) in [6.07, 6.45) is 6.80. The van der Waals surface area contributed by atoms with Crippen molar-refractivity contribution in [3.05, 3.63) is 65.3 Å². The van der Waals surface area contributed by atoms with E-state index >= 15 is 0 Å². The van der Waals surface area contributed by atoms with Crippen molar-refractivity contribution in [2.75, 3.05) is 0 Å². The van der Waals surface area contributed by atoms with Crippen LogP contribution in [0.2, 0.25) is 5.02 Å². The molecule has 0 unspecified atom stereocenters. The quantitative estimate of drug-likeness (QED) is 0.740. The maximum atomic E-state index is 12.8. The van der Waals surface area contributed by atoms with E-state index in [0.717, 1.165) is 5.56 Å². The zero-order chi connectivity index (χ0) is 13.0. The molecule has 0 spiro atoms. The summed E-state index contributed by atoms with van der Waals surface area (Å²) in [5, 5.41) is 0.466. The minimum Gasteiger partial charge on any atom is -0.456 e. The summed E-state index contributed by atoms with van der Waals surface area (Å²) >= 11 is 6.01. The van der Waals surface area contributed by atoms with Gasteiger partial charge in [-0.25, -0.2) is 4.39 Å². The van der Waals surface area contributed by atoms with Crippen LogP contribution in [0.15, 0.2) is 42.5 Å². The average Bonchev–Trinajstić information content (AvgIpc) is 2.36. The molecule has 18 heavy (non-hydrogen) atoms. The fraction of sp³-hybridized carbons (Fsp3) is 0. The molecule has 0 N–H and O–H groups in total. The van der Waals surface area contributed by atoms with Gasteiger partial charge in [0.1, 0.15) is 17.3 Å². The molecule has 0 amide bonds. The van der Waals surface area contributed by atoms with E-state index in [2.05, 4.69) is 5.92 Å². The molecule has 3 heteroatoms. The molecule has 0 saturated carbocycles. The highest BCUT2D eigenvalue weighted by Crippen LogP contribution is 2.30. The maximum Gasteiger partial charge on any atom is 0.146 e. The molecule has 89 valence electrons. The predicted octanol–water partition coefficient (Wildman–Crippen LogP) is 4.46. The molecule has 0 aliphatic heterocycles. The van der Waals surface area contributed by atoms with Crippen molar-refractivity contribution in [1.29, 1.82) is 0 Å². The minimum absolute atomic E-state index is 0.317. The first-order chi connectivity index (χ1) is 8.69. The smallest absolute Gasteiger partial charge is 0.146 e. The second kappa shape index (κ2) is 5.57. The van der Waals surface area contributed by atoms with Crippen molar-refractivity contribution in [2.24, 2.45) is 0 Å². The summed E-state index contributed by atoms with van der Waals surface area (Å²) in [4.78, 5) is 0. The molecule has 2 rings (SSSR count). The van der Waals surface area contributed by atoms with Crippen LogP contribution in [0.3, 0.4) is 0 Å². The SMILES string of the molecule is C#C[CH]c1ccc(Cl)c(Oc2ccc(F)cc2)c1. The van der Waals surface area contributed by atoms with E-state index in [9.17, 15) is 4.39 Å². The van der Waals surface area contributed by atoms with E-state index in [1.165, 1.54) is 24.3 Å². The van der Waals surface area contributed by atoms with Gasteiger partial charge in [0.05, 0.1) is 11.4 Å². The second-order valence-electron chi connectivity index (χ2n) is 3.56. The number of hydrogen-bond donors (Lipinski definition) is 0. The minimum atomic E-state index is -0.317. The predicted molar refractivity (Wildman–Crippen MR) is 70.2 cm³/mol. The van der Waals surface area contributed by atoms with Crippen molar-refractivity contribution in [2.45, 2.75) is 0 Å². The maximum absolute atomic E-state index is 12.8. The zero-order valence-corrected chi connectivity index (χ0v) is 10.1. The second-order valence-corrected chi connectivity index (χ2v) is 3.96. The number of terminal acetylenes is 1. The lowest BCUT2D eigenvalue weighted by atomic mass is 10.1. The van der Waals surface area contributed by atoms with E-state index in [1.54, 1.807) is 24.6 Å². The molecular weight excluding hydrogens is 251 g/mol. The van der Waals surface area contributed by atoms with Gasteiger partial charge in [0.2, 0.25) is 0 Å². The van der Waals surface area contributed by atoms with Crippen LogP contribution >= 0.6 is 11.6 Å². The first kappa shape index (κ1) is 12.5. The third kappa shape index (κ3) is 3.03. The Kier molecular flexibility index (Phi) is 3.86. The van der Waals surface area contributed by atoms with E-state index in [-0.39, 0.29) is 5.82 Å². The summed E-state index contributed by atoms with van der Waals surface area (Å²) in [6.45, 7) is 0. The summed E-state index contributed by atoms with van der Waals surface area (Å²) in [7, 11) is 0. The lowest BCUT2D eigenvalue weighted by Gasteiger charge is -2.08. The summed E-state index contributed by atoms with van der Waals surface area (Å²) in [5.41, 5.74) is 0.819. The monoisotopic (exact) mass is 259 g/mol. The summed E-state index contributed by atoms with van der Waals surface area (Å²) < 4.78 is 18.3. The van der Waals surface area contributed by atoms with Gasteiger partial charge < -0.3 is 4.74 Å². The number of benzene rings is 2. The average molecular weight is 260 g/mol. The molecule has 0 aromatic heterocycles. The molecule has 2 aromatic rings. The number of rotatable bonds is 3. The molecule has 0 aliphatic rings. The van der Waals surface area contributed by atoms with Gasteiger partial charge in [-0.15, -0.1) is 6.42 Å². The summed E-state index contributed by atoms with van der Waals surface area (Å²) in [5.74, 6) is 3.10. The third-order valence-corrected chi connectivity index (χ3v) is 2.56. The van der Waals surface area contributed by atoms with Gasteiger partial charge >= 0.3 is 0 Å². The van der Waals surface area contributed by atoms with Crippen LogP contribution in [0, 0.1) is 24.6 Å². The first-order valence-electron chi connectivity index (χ1n) is 5.21. The van der Waals surface area contributed by atoms with E-state index in [0.29, 0.717) is 16.5 Å². The number of ether oxygens (including phenoxy) is 1. The lowest BCUT2D eigenvalue weighted by Crippen LogP contribution is -1.88. The molecule has 0 bridgehead atoms. The van der Waals surface area contributed by atoms with Gasteiger partial charge in [0, 0.05) is 0 Å². The highest BCUT2D eigenvalue weighted by Gasteiger charge is 2.05. The van der Waals surface area contributed by atoms with E-state index in [1.807, 2.05) is 0 Å². The van der Waals surface area contributed by atoms with Gasteiger partial charge in [-0.05, 0) is 42.0 Å². The van der Waals surface area contributed by atoms with Crippen LogP contribution in [-0.4, -0.2) is 0 Å². The Hall–Kier alpha value is -1.98. The Morgan fingerprint density at radius 1 is 1.17 bits per heavy atom. The molecule has 1 radical (unpaired) electrons. The Balaban J connectivity index is 2.25. The van der Waals surface area contributed by atoms with Gasteiger partial charge in [-0.2, -0.15) is 0 Å². The molecule has 0 aliphatic carbocycles. The Bertz CT molecular complexity index is 584. The van der Waals surface area contributed by atoms with Gasteiger partial charge in [0.25, 0.3) is 0 Å². The normalized spacial score (nSPS) is 9.83. The van der Waals surface area contributed by atoms with Crippen LogP contribution in [0.25, 0.3) is 0 Å². The first-order valence-corrected chi connectivity index (χ1v) is 5.59. The third-order valence-electron chi connectivity index (χ3n) is 2.25. The fourth-order valence-corrected chi connectivity index (χ4v) is 1.57. The zero-order valence-electron chi connectivity index (χ0n) is 9.36. The molecule has 0 fully saturated rings. The van der Waals surface area contributed by atoms with Crippen LogP contribution in [-0.2, 0) is 0 Å². The van der Waals surface area contributed by atoms with Gasteiger partial charge in [0.15, 0.2) is 0 Å². The fourth-order valence-electron chi connectivity index (χ4n) is 1.41. The molecule has 1 nitrogen and oxygen atoms in total. The molecule has 0 heterocycles. The number of hydrogen-bond acceptors (Lipinski definition) is 1. The highest BCUT2D eigenvalue weighted by molar-refractivity contribution is 6.32. The van der Waals surface area contributed by atoms with Crippen LogP contribution in [0.5, 0.6) is 11.5 Å². The highest BCUT2D eigenvalue weighted by atomic mass is 35.5. The largest absolute Gasteiger partial charge is 0.456 e. The lowest BCUT2D eigenvalue weighted by molar-refractivity contribution is 0.480. The van der Waals surface area contributed by atoms with E-state index in [4.69, 9.17) is 22.8 Å². The summed E-state index contributed by atoms with van der Waals surface area (Å²) in [6, 6.07) is 10.9. The van der Waals surface area contributed by atoms with Crippen molar-refractivity contribution >= 4 is 11.6 Å². The Morgan fingerprint density at radius 3 is 2.56 bits per heavy atom. The molecule has 2 aromatic carbocycles. The topological polar surface area (TPSA) is 9.23 Å². The number of halogens is 2. The molecule has 0 atom stereocenters. The van der Waals surface area contributed by atoms with Crippen LogP contribution in [0.4, 0.5) is 4.39 Å². The molecular formula is C15H9ClFO. The van der Waals surface area contributed by atoms with E-state index < -0.39 is 0 Å². The van der Waals surface area contributed by atoms with Gasteiger partial charge in [-0.1, -0.05) is 23.6 Å². The van der Waals surface area contributed by atoms with Crippen molar-refractivity contribution in [3.8, 4) is 23.8 Å². The molecule has 0 saturated heterocycles.